The van der Waals surface area contributed by atoms with Gasteiger partial charge in [0, 0.05) is 43.1 Å². The van der Waals surface area contributed by atoms with E-state index in [-0.39, 0.29) is 18.5 Å². The number of hydrogen-bond acceptors (Lipinski definition) is 3. The first-order chi connectivity index (χ1) is 14.4. The first-order valence-electron chi connectivity index (χ1n) is 9.91. The fourth-order valence-corrected chi connectivity index (χ4v) is 4.33. The van der Waals surface area contributed by atoms with Crippen molar-refractivity contribution in [3.05, 3.63) is 60.2 Å². The van der Waals surface area contributed by atoms with Crippen LogP contribution in [0.5, 0.6) is 0 Å². The largest absolute Gasteiger partial charge is 0.381 e. The highest BCUT2D eigenvalue weighted by Gasteiger charge is 2.51. The van der Waals surface area contributed by atoms with Crippen LogP contribution in [-0.4, -0.2) is 43.1 Å². The highest BCUT2D eigenvalue weighted by atomic mass is 19.1. The Morgan fingerprint density at radius 3 is 2.17 bits per heavy atom. The van der Waals surface area contributed by atoms with E-state index in [2.05, 4.69) is 10.6 Å². The Bertz CT molecular complexity index is 947. The van der Waals surface area contributed by atoms with Crippen LogP contribution in [0, 0.1) is 23.0 Å². The molecule has 30 heavy (non-hydrogen) atoms. The second kappa shape index (κ2) is 8.39. The Hall–Kier alpha value is -3.00. The van der Waals surface area contributed by atoms with Crippen LogP contribution < -0.4 is 10.6 Å². The number of anilines is 2. The quantitative estimate of drug-likeness (QED) is 0.800. The average molecular weight is 415 g/mol. The van der Waals surface area contributed by atoms with Crippen LogP contribution >= 0.6 is 0 Å². The first-order valence-corrected chi connectivity index (χ1v) is 9.91. The van der Waals surface area contributed by atoms with Gasteiger partial charge in [-0.1, -0.05) is 12.1 Å². The van der Waals surface area contributed by atoms with Crippen LogP contribution in [0.15, 0.2) is 48.5 Å². The van der Waals surface area contributed by atoms with E-state index in [1.807, 2.05) is 0 Å². The Morgan fingerprint density at radius 1 is 0.967 bits per heavy atom. The number of halogens is 2. The number of amides is 3. The molecule has 4 rings (SSSR count). The van der Waals surface area contributed by atoms with Gasteiger partial charge in [0.15, 0.2) is 0 Å². The minimum absolute atomic E-state index is 0.225. The maximum atomic E-state index is 13.5. The highest BCUT2D eigenvalue weighted by molar-refractivity contribution is 5.95. The molecule has 2 aliphatic heterocycles. The molecule has 2 aromatic carbocycles. The van der Waals surface area contributed by atoms with Gasteiger partial charge in [-0.25, -0.2) is 13.6 Å². The van der Waals surface area contributed by atoms with E-state index in [1.54, 1.807) is 17.0 Å². The lowest BCUT2D eigenvalue weighted by atomic mass is 9.71. The van der Waals surface area contributed by atoms with Crippen molar-refractivity contribution in [1.29, 1.82) is 0 Å². The predicted molar refractivity (Wildman–Crippen MR) is 108 cm³/mol. The van der Waals surface area contributed by atoms with E-state index in [0.717, 1.165) is 0 Å². The van der Waals surface area contributed by atoms with Crippen LogP contribution in [0.3, 0.4) is 0 Å². The van der Waals surface area contributed by atoms with Crippen LogP contribution in [0.4, 0.5) is 25.0 Å². The van der Waals surface area contributed by atoms with Crippen LogP contribution in [0.25, 0.3) is 0 Å². The summed E-state index contributed by atoms with van der Waals surface area (Å²) in [6, 6.07) is 11.0. The zero-order valence-electron chi connectivity index (χ0n) is 16.4. The highest BCUT2D eigenvalue weighted by Crippen LogP contribution is 2.45. The molecule has 2 heterocycles. The third kappa shape index (κ3) is 4.28. The van der Waals surface area contributed by atoms with Crippen molar-refractivity contribution in [2.75, 3.05) is 36.9 Å². The number of rotatable bonds is 3. The summed E-state index contributed by atoms with van der Waals surface area (Å²) < 4.78 is 32.4. The molecule has 1 atom stereocenters. The van der Waals surface area contributed by atoms with Gasteiger partial charge < -0.3 is 20.3 Å². The molecule has 2 aliphatic rings. The molecule has 0 aliphatic carbocycles. The van der Waals surface area contributed by atoms with E-state index < -0.39 is 23.0 Å². The maximum absolute atomic E-state index is 13.5. The molecule has 0 aromatic heterocycles. The van der Waals surface area contributed by atoms with Crippen LogP contribution in [0.1, 0.15) is 12.8 Å². The monoisotopic (exact) mass is 415 g/mol. The Morgan fingerprint density at radius 2 is 1.57 bits per heavy atom. The number of likely N-dealkylation sites (tertiary alicyclic amines) is 1. The number of benzene rings is 2. The van der Waals surface area contributed by atoms with Gasteiger partial charge in [0.1, 0.15) is 11.6 Å². The molecule has 6 nitrogen and oxygen atoms in total. The van der Waals surface area contributed by atoms with Gasteiger partial charge in [-0.2, -0.15) is 0 Å². The molecule has 3 amide bonds. The lowest BCUT2D eigenvalue weighted by Crippen LogP contribution is -2.42. The lowest BCUT2D eigenvalue weighted by Gasteiger charge is -2.37. The van der Waals surface area contributed by atoms with E-state index in [0.29, 0.717) is 44.0 Å². The summed E-state index contributed by atoms with van der Waals surface area (Å²) in [4.78, 5) is 27.5. The van der Waals surface area contributed by atoms with Crippen LogP contribution in [0.2, 0.25) is 0 Å². The Kier molecular flexibility index (Phi) is 5.67. The number of nitrogens with zero attached hydrogens (tertiary/aromatic N) is 1. The third-order valence-electron chi connectivity index (χ3n) is 5.91. The molecule has 1 spiro atoms. The fraction of sp³-hybridized carbons (Fsp3) is 0.364. The van der Waals surface area contributed by atoms with Crippen molar-refractivity contribution in [3.63, 3.8) is 0 Å². The number of nitrogens with one attached hydrogen (secondary N) is 2. The Labute approximate surface area is 173 Å². The molecule has 158 valence electrons. The molecule has 8 heteroatoms. The number of ether oxygens (including phenoxy) is 1. The maximum Gasteiger partial charge on any atom is 0.321 e. The van der Waals surface area contributed by atoms with E-state index in [4.69, 9.17) is 4.74 Å². The van der Waals surface area contributed by atoms with E-state index in [9.17, 15) is 18.4 Å². The minimum Gasteiger partial charge on any atom is -0.381 e. The first kappa shape index (κ1) is 20.3. The van der Waals surface area contributed by atoms with Gasteiger partial charge in [0.05, 0.1) is 5.92 Å². The summed E-state index contributed by atoms with van der Waals surface area (Å²) >= 11 is 0. The topological polar surface area (TPSA) is 70.7 Å². The molecular formula is C22H23F2N3O3. The molecule has 2 saturated heterocycles. The van der Waals surface area contributed by atoms with Gasteiger partial charge in [-0.3, -0.25) is 4.79 Å². The summed E-state index contributed by atoms with van der Waals surface area (Å²) in [5.41, 5.74) is 0.327. The molecular weight excluding hydrogens is 392 g/mol. The fourth-order valence-electron chi connectivity index (χ4n) is 4.33. The van der Waals surface area contributed by atoms with Crippen molar-refractivity contribution in [1.82, 2.24) is 4.90 Å². The summed E-state index contributed by atoms with van der Waals surface area (Å²) in [6.07, 6.45) is 1.30. The van der Waals surface area contributed by atoms with Crippen molar-refractivity contribution >= 4 is 23.3 Å². The van der Waals surface area contributed by atoms with Gasteiger partial charge in [-0.15, -0.1) is 0 Å². The predicted octanol–water partition coefficient (Wildman–Crippen LogP) is 3.86. The summed E-state index contributed by atoms with van der Waals surface area (Å²) in [5, 5.41) is 5.48. The number of urea groups is 1. The molecule has 2 fully saturated rings. The Balaban J connectivity index is 1.51. The van der Waals surface area contributed by atoms with Crippen molar-refractivity contribution in [2.45, 2.75) is 12.8 Å². The van der Waals surface area contributed by atoms with Gasteiger partial charge in [0.25, 0.3) is 0 Å². The van der Waals surface area contributed by atoms with E-state index >= 15 is 0 Å². The zero-order chi connectivity index (χ0) is 21.1. The minimum atomic E-state index is -0.456. The summed E-state index contributed by atoms with van der Waals surface area (Å²) in [6.45, 7) is 1.66. The zero-order valence-corrected chi connectivity index (χ0v) is 16.4. The van der Waals surface area contributed by atoms with Crippen molar-refractivity contribution in [3.8, 4) is 0 Å². The van der Waals surface area contributed by atoms with E-state index in [1.165, 1.54) is 36.4 Å². The molecule has 0 bridgehead atoms. The molecule has 2 aromatic rings. The standard InChI is InChI=1S/C22H23F2N3O3/c23-15-3-1-5-17(11-15)25-20(28)19-13-27(14-22(19)7-9-30-10-8-22)21(29)26-18-6-2-4-16(24)12-18/h1-6,11-12,19H,7-10,13-14H2,(H,25,28)(H,26,29). The number of carbonyl (C=O) groups is 2. The van der Waals surface area contributed by atoms with Gasteiger partial charge in [0.2, 0.25) is 5.91 Å². The summed E-state index contributed by atoms with van der Waals surface area (Å²) in [7, 11) is 0. The molecule has 0 radical (unpaired) electrons. The van der Waals surface area contributed by atoms with Crippen molar-refractivity contribution in [2.24, 2.45) is 11.3 Å². The smallest absolute Gasteiger partial charge is 0.321 e. The second-order valence-electron chi connectivity index (χ2n) is 7.85. The molecule has 2 N–H and O–H groups in total. The molecule has 0 saturated carbocycles. The average Bonchev–Trinajstić information content (AvgIpc) is 3.07. The third-order valence-corrected chi connectivity index (χ3v) is 5.91. The summed E-state index contributed by atoms with van der Waals surface area (Å²) in [5.74, 6) is -1.58. The SMILES string of the molecule is O=C(Nc1cccc(F)c1)C1CN(C(=O)Nc2cccc(F)c2)CC12CCOCC2. The van der Waals surface area contributed by atoms with Crippen molar-refractivity contribution < 1.29 is 23.1 Å². The molecule has 1 unspecified atom stereocenters. The van der Waals surface area contributed by atoms with Gasteiger partial charge >= 0.3 is 6.03 Å². The normalized spacial score (nSPS) is 20.2. The number of carbonyl (C=O) groups excluding carboxylic acids is 2. The lowest BCUT2D eigenvalue weighted by molar-refractivity contribution is -0.124. The number of hydrogen-bond donors (Lipinski definition) is 2. The van der Waals surface area contributed by atoms with Crippen LogP contribution in [-0.2, 0) is 9.53 Å². The van der Waals surface area contributed by atoms with Gasteiger partial charge in [-0.05, 0) is 49.2 Å². The second-order valence-corrected chi connectivity index (χ2v) is 7.85.